The largest absolute Gasteiger partial charge is 0.478 e. The second kappa shape index (κ2) is 34.5. The van der Waals surface area contributed by atoms with Crippen LogP contribution >= 0.6 is 47.8 Å². The van der Waals surface area contributed by atoms with Crippen LogP contribution in [0.25, 0.3) is 0 Å². The third kappa shape index (κ3) is 21.0. The number of amides is 4. The lowest BCUT2D eigenvalue weighted by atomic mass is 9.72. The summed E-state index contributed by atoms with van der Waals surface area (Å²) < 4.78 is 26.9. The molecule has 608 valence electrons. The highest BCUT2D eigenvalue weighted by Crippen LogP contribution is 2.49. The van der Waals surface area contributed by atoms with E-state index in [0.717, 1.165) is 68.8 Å². The van der Waals surface area contributed by atoms with Crippen molar-refractivity contribution in [3.05, 3.63) is 47.6 Å². The summed E-state index contributed by atoms with van der Waals surface area (Å²) in [6.45, 7) is -0.498. The Morgan fingerprint density at radius 2 is 0.578 bits per heavy atom. The molecule has 8 heterocycles. The molecule has 4 aromatic rings. The summed E-state index contributed by atoms with van der Waals surface area (Å²) in [5.74, 6) is -11.1. The first kappa shape index (κ1) is 87.5. The van der Waals surface area contributed by atoms with Crippen LogP contribution in [0, 0.1) is 5.41 Å². The average Bonchev–Trinajstić information content (AvgIpc) is 1.70. The number of rotatable bonds is 36. The van der Waals surface area contributed by atoms with E-state index in [4.69, 9.17) is 18.9 Å². The number of carbonyl (C=O) groups excluding carboxylic acids is 4. The number of carboxylic acids is 4. The van der Waals surface area contributed by atoms with Gasteiger partial charge in [-0.15, -0.1) is 20.4 Å². The molecule has 0 aromatic carbocycles. The van der Waals surface area contributed by atoms with E-state index in [1.807, 2.05) is 0 Å². The Morgan fingerprint density at radius 3 is 0.734 bits per heavy atom. The summed E-state index contributed by atoms with van der Waals surface area (Å²) in [5.41, 5.74) is -12.7. The van der Waals surface area contributed by atoms with Gasteiger partial charge in [0.05, 0.1) is 98.4 Å². The highest BCUT2D eigenvalue weighted by molar-refractivity contribution is 8.00. The fraction of sp³-hybridized carbons (Fsp3) is 0.719. The molecule has 8 rings (SSSR count). The topological polar surface area (TPSA) is 749 Å². The molecule has 0 bridgehead atoms. The second-order valence-corrected chi connectivity index (χ2v) is 32.1. The van der Waals surface area contributed by atoms with Crippen LogP contribution in [0.15, 0.2) is 24.8 Å². The Kier molecular flexibility index (Phi) is 27.7. The number of aliphatic carboxylic acids is 4. The Hall–Kier alpha value is -7.08. The lowest BCUT2D eigenvalue weighted by Crippen LogP contribution is -2.64. The fourth-order valence-corrected chi connectivity index (χ4v) is 17.8. The zero-order valence-corrected chi connectivity index (χ0v) is 61.2. The van der Waals surface area contributed by atoms with E-state index in [1.54, 1.807) is 0 Å². The van der Waals surface area contributed by atoms with Gasteiger partial charge in [0.1, 0.15) is 71.7 Å². The molecule has 109 heavy (non-hydrogen) atoms. The molecule has 24 N–H and O–H groups in total. The number of nitrogens with one attached hydrogen (secondary N) is 4. The fourth-order valence-electron chi connectivity index (χ4n) is 13.4. The van der Waals surface area contributed by atoms with Gasteiger partial charge < -0.3 is 142 Å². The van der Waals surface area contributed by atoms with Crippen molar-refractivity contribution in [2.24, 2.45) is 5.41 Å². The SMILES string of the molecule is CC(=O)N[C@@]1(O)C[C@H](C(O)C(O)CO)O[C@](Sn2cc(CC(Cc3cn(S[C@@]4(C(=O)O)C[C@@](O)(NC(C)=O)C[C@H](C(O)C(O)CO)O4)nn3)(Cc3cn(S[C@@]4(C(=O)O)C[C@@](O)(NC(C)=O)C[C@H](C(O)C(O)CO)O4)nn3)Cc3cn(S[C@@]4(C(=O)O)C[C@@](O)(NC(C)=O)C[C@H](C(O)C(O)CO)O4)nn3)nn2)(C(=O)O)C1. The highest BCUT2D eigenvalue weighted by Gasteiger charge is 2.62. The summed E-state index contributed by atoms with van der Waals surface area (Å²) in [6.07, 6.45) is -28.8. The van der Waals surface area contributed by atoms with Gasteiger partial charge in [-0.25, -0.2) is 19.2 Å². The molecule has 4 aromatic heterocycles. The standard InChI is InChI=1S/C57H84N16O32S4/c1-25(78)58-50(98)9-37(41(86)33(82)17-74)102-54(21-50,45(90)91)106-70-13-29(62-66-70)5-49(6-30-14-71(67-63-30)107-55(46(92)93)22-51(99,59-26(2)79)10-38(103-55)42(87)34(83)18-75,7-31-15-72(68-64-31)108-56(47(94)95)23-52(100,60-27(3)80)11-39(104-56)43(88)35(84)19-76)8-32-16-73(69-65-32)109-57(48(96)97)24-53(101,61-28(4)81)12-40(105-57)44(89)36(85)20-77/h13-16,33-44,74-77,82-89,98-101H,5-12,17-24H2,1-4H3,(H,58,78)(H,59,79)(H,60,80)(H,61,81)(H,90,91)(H,92,93)(H,94,95)(H,96,97)/t33?,34?,35?,36?,37-,38-,39-,40-,41?,42?,43?,44?,49?,50-,51-,52-,53-,54-,55-,56-,57-/m1/s1. The first-order valence-electron chi connectivity index (χ1n) is 32.7. The Balaban J connectivity index is 1.30. The number of carboxylic acid groups (broad SMARTS) is 4. The predicted molar refractivity (Wildman–Crippen MR) is 359 cm³/mol. The number of aliphatic hydroxyl groups is 16. The molecule has 8 unspecified atom stereocenters. The summed E-state index contributed by atoms with van der Waals surface area (Å²) in [4.78, 5) is 93.1. The Bertz CT molecular complexity index is 3440. The maximum atomic E-state index is 13.6. The summed E-state index contributed by atoms with van der Waals surface area (Å²) >= 11 is 0.711. The summed E-state index contributed by atoms with van der Waals surface area (Å²) in [6, 6.07) is 0. The quantitative estimate of drug-likeness (QED) is 0.0188. The van der Waals surface area contributed by atoms with Gasteiger partial charge in [-0.1, -0.05) is 20.9 Å². The molecule has 4 aliphatic rings. The van der Waals surface area contributed by atoms with Crippen molar-refractivity contribution in [2.75, 3.05) is 26.4 Å². The lowest BCUT2D eigenvalue weighted by Gasteiger charge is -2.46. The highest BCUT2D eigenvalue weighted by atomic mass is 32.2. The zero-order chi connectivity index (χ0) is 81.0. The third-order valence-corrected chi connectivity index (χ3v) is 22.0. The van der Waals surface area contributed by atoms with Crippen LogP contribution in [0.2, 0.25) is 0 Å². The van der Waals surface area contributed by atoms with E-state index in [2.05, 4.69) is 62.5 Å². The second-order valence-electron chi connectivity index (χ2n) is 27.2. The number of hydrogen-bond donors (Lipinski definition) is 24. The van der Waals surface area contributed by atoms with Crippen molar-refractivity contribution in [3.63, 3.8) is 0 Å². The molecule has 4 fully saturated rings. The molecule has 52 heteroatoms. The first-order chi connectivity index (χ1) is 50.7. The number of hydrogen-bond acceptors (Lipinski definition) is 40. The summed E-state index contributed by atoms with van der Waals surface area (Å²) in [5, 5.41) is 259. The molecule has 0 aliphatic carbocycles. The van der Waals surface area contributed by atoms with E-state index >= 15 is 0 Å². The Morgan fingerprint density at radius 1 is 0.394 bits per heavy atom. The molecule has 0 spiro atoms. The number of nitrogens with zero attached hydrogens (tertiary/aromatic N) is 12. The number of carbonyl (C=O) groups is 8. The van der Waals surface area contributed by atoms with Gasteiger partial charge in [0.2, 0.25) is 43.4 Å². The van der Waals surface area contributed by atoms with Crippen LogP contribution in [-0.2, 0) is 83.0 Å². The molecule has 0 saturated carbocycles. The van der Waals surface area contributed by atoms with E-state index in [1.165, 1.54) is 0 Å². The number of ether oxygens (including phenoxy) is 4. The smallest absolute Gasteiger partial charge is 0.348 e. The van der Waals surface area contributed by atoms with Crippen molar-refractivity contribution in [3.8, 4) is 0 Å². The van der Waals surface area contributed by atoms with Crippen molar-refractivity contribution < 1.29 is 159 Å². The molecular formula is C57H84N16O32S4. The zero-order valence-electron chi connectivity index (χ0n) is 57.9. The number of aliphatic hydroxyl groups excluding tert-OH is 12. The van der Waals surface area contributed by atoms with Crippen molar-refractivity contribution >= 4 is 95.3 Å². The molecule has 20 atom stereocenters. The normalized spacial score (nSPS) is 31.4. The predicted octanol–water partition coefficient (Wildman–Crippen LogP) is -10.7. The molecule has 48 nitrogen and oxygen atoms in total. The van der Waals surface area contributed by atoms with Gasteiger partial charge >= 0.3 is 23.9 Å². The minimum atomic E-state index is -2.79. The molecule has 4 saturated heterocycles. The molecular weight excluding hydrogens is 1550 g/mol. The van der Waals surface area contributed by atoms with E-state index < -0.39 is 272 Å². The summed E-state index contributed by atoms with van der Waals surface area (Å²) in [7, 11) is 0. The van der Waals surface area contributed by atoms with Crippen LogP contribution in [0.5, 0.6) is 0 Å². The van der Waals surface area contributed by atoms with Gasteiger partial charge in [0.25, 0.3) is 0 Å². The minimum Gasteiger partial charge on any atom is -0.478 e. The minimum absolute atomic E-state index is 0.175. The van der Waals surface area contributed by atoms with Gasteiger partial charge in [-0.2, -0.15) is 16.3 Å². The third-order valence-electron chi connectivity index (χ3n) is 17.7. The van der Waals surface area contributed by atoms with Crippen LogP contribution in [-0.4, -0.2) is 350 Å². The first-order valence-corrected chi connectivity index (χ1v) is 35.8. The van der Waals surface area contributed by atoms with Gasteiger partial charge in [-0.3, -0.25) is 19.2 Å². The van der Waals surface area contributed by atoms with Crippen molar-refractivity contribution in [1.29, 1.82) is 0 Å². The molecule has 4 amide bonds. The average molecular weight is 1630 g/mol. The van der Waals surface area contributed by atoms with Gasteiger partial charge in [0, 0.05) is 127 Å². The van der Waals surface area contributed by atoms with Crippen molar-refractivity contribution in [1.82, 2.24) is 78.9 Å². The van der Waals surface area contributed by atoms with Crippen LogP contribution < -0.4 is 21.3 Å². The van der Waals surface area contributed by atoms with E-state index in [-0.39, 0.29) is 70.6 Å². The monoisotopic (exact) mass is 1630 g/mol. The van der Waals surface area contributed by atoms with Crippen LogP contribution in [0.4, 0.5) is 0 Å². The Labute approximate surface area is 631 Å². The molecule has 0 radical (unpaired) electrons. The van der Waals surface area contributed by atoms with Crippen molar-refractivity contribution in [2.45, 2.75) is 221 Å². The van der Waals surface area contributed by atoms with Crippen LogP contribution in [0.3, 0.4) is 0 Å². The van der Waals surface area contributed by atoms with Gasteiger partial charge in [0.15, 0.2) is 0 Å². The molecule has 4 aliphatic heterocycles. The van der Waals surface area contributed by atoms with E-state index in [0.29, 0.717) is 0 Å². The van der Waals surface area contributed by atoms with Gasteiger partial charge in [-0.05, 0) is 31.1 Å². The van der Waals surface area contributed by atoms with Crippen LogP contribution in [0.1, 0.15) is 102 Å². The number of aromatic nitrogens is 12. The maximum absolute atomic E-state index is 13.6. The van der Waals surface area contributed by atoms with E-state index in [9.17, 15) is 140 Å². The lowest BCUT2D eigenvalue weighted by molar-refractivity contribution is -0.220. The maximum Gasteiger partial charge on any atom is 0.348 e.